The lowest BCUT2D eigenvalue weighted by Gasteiger charge is -2.22. The van der Waals surface area contributed by atoms with Crippen LogP contribution in [0.3, 0.4) is 0 Å². The molecule has 0 saturated carbocycles. The summed E-state index contributed by atoms with van der Waals surface area (Å²) < 4.78 is 6.95. The molecule has 0 unspecified atom stereocenters. The Morgan fingerprint density at radius 2 is 1.83 bits per heavy atom. The van der Waals surface area contributed by atoms with Gasteiger partial charge in [0.25, 0.3) is 0 Å². The molecule has 3 amide bonds. The van der Waals surface area contributed by atoms with Crippen molar-refractivity contribution in [2.45, 2.75) is 13.3 Å². The van der Waals surface area contributed by atoms with Crippen molar-refractivity contribution in [3.05, 3.63) is 0 Å². The molecule has 0 heterocycles. The average Bonchev–Trinajstić information content (AvgIpc) is 2.55. The highest BCUT2D eigenvalue weighted by atomic mass is 79.9. The highest BCUT2D eigenvalue weighted by Crippen LogP contribution is 1.95. The van der Waals surface area contributed by atoms with E-state index in [9.17, 15) is 19.2 Å². The summed E-state index contributed by atoms with van der Waals surface area (Å²) in [6.07, 6.45) is -0.636. The molecule has 132 valence electrons. The van der Waals surface area contributed by atoms with E-state index in [-0.39, 0.29) is 55.7 Å². The molecule has 9 heteroatoms. The molecular weight excluding hydrogens is 368 g/mol. The van der Waals surface area contributed by atoms with Gasteiger partial charge in [0.15, 0.2) is 0 Å². The predicted octanol–water partition coefficient (Wildman–Crippen LogP) is -1.02. The highest BCUT2D eigenvalue weighted by molar-refractivity contribution is 9.09. The van der Waals surface area contributed by atoms with E-state index in [0.717, 1.165) is 0 Å². The first-order valence-electron chi connectivity index (χ1n) is 7.87. The lowest BCUT2D eigenvalue weighted by molar-refractivity contribution is -0.134. The lowest BCUT2D eigenvalue weighted by Crippen LogP contribution is -2.45. The Morgan fingerprint density at radius 3 is 2.35 bits per heavy atom. The third-order valence-corrected chi connectivity index (χ3v) is 3.53. The zero-order valence-corrected chi connectivity index (χ0v) is 15.1. The fraction of sp³-hybridized carbons (Fsp3) is 0.714. The van der Waals surface area contributed by atoms with Gasteiger partial charge in [-0.3, -0.25) is 14.4 Å². The Morgan fingerprint density at radius 1 is 1.17 bits per heavy atom. The van der Waals surface area contributed by atoms with Gasteiger partial charge in [-0.05, 0) is 7.05 Å². The smallest absolute Gasteiger partial charge is 0.239 e. The van der Waals surface area contributed by atoms with Gasteiger partial charge < -0.3 is 25.2 Å². The quantitative estimate of drug-likeness (QED) is 0.326. The molecule has 0 saturated heterocycles. The van der Waals surface area contributed by atoms with Crippen molar-refractivity contribution in [2.24, 2.45) is 0 Å². The molecule has 0 rings (SSSR count). The molecule has 0 aromatic rings. The van der Waals surface area contributed by atoms with E-state index in [2.05, 4.69) is 26.6 Å². The fourth-order valence-corrected chi connectivity index (χ4v) is 2.13. The molecule has 0 fully saturated rings. The lowest BCUT2D eigenvalue weighted by atomic mass is 10.3. The predicted molar refractivity (Wildman–Crippen MR) is 90.2 cm³/mol. The number of nitrogens with zero attached hydrogens (tertiary/aromatic N) is 2. The maximum Gasteiger partial charge on any atom is 0.239 e. The van der Waals surface area contributed by atoms with Gasteiger partial charge >= 0.3 is 0 Å². The summed E-state index contributed by atoms with van der Waals surface area (Å²) in [5, 5.41) is 5.66. The molecule has 2 N–H and O–H groups in total. The van der Waals surface area contributed by atoms with Crippen molar-refractivity contribution in [1.82, 2.24) is 20.4 Å². The van der Waals surface area contributed by atoms with Gasteiger partial charge in [0, 0.05) is 32.6 Å². The number of hydrogen-bond donors (Lipinski definition) is 2. The van der Waals surface area contributed by atoms with E-state index in [1.165, 1.54) is 9.80 Å². The first kappa shape index (κ1) is 19.6. The van der Waals surface area contributed by atoms with Gasteiger partial charge in [0.05, 0.1) is 18.4 Å². The van der Waals surface area contributed by atoms with Crippen LogP contribution in [0.15, 0.2) is 0 Å². The summed E-state index contributed by atoms with van der Waals surface area (Å²) in [6.45, 7) is 2.56. The number of carbonyl (C=O) groups is 4. The Hall–Kier alpha value is -1.48. The van der Waals surface area contributed by atoms with Gasteiger partial charge in [0.1, 0.15) is 7.63 Å². The first-order valence-corrected chi connectivity index (χ1v) is 8.50. The molecule has 0 aliphatic carbocycles. The summed E-state index contributed by atoms with van der Waals surface area (Å²) in [5.74, 6) is -0.792. The van der Waals surface area contributed by atoms with Gasteiger partial charge in [0.2, 0.25) is 17.7 Å². The number of amides is 3. The van der Waals surface area contributed by atoms with E-state index in [1.54, 1.807) is 14.0 Å². The third-order valence-electron chi connectivity index (χ3n) is 3.05. The largest absolute Gasteiger partial charge is 0.353 e. The summed E-state index contributed by atoms with van der Waals surface area (Å²) in [6, 6.07) is 0. The van der Waals surface area contributed by atoms with Crippen LogP contribution in [0, 0.1) is 0 Å². The third kappa shape index (κ3) is 9.29. The Bertz CT molecular complexity index is 450. The normalized spacial score (nSPS) is 10.7. The average molecular weight is 395 g/mol. The molecule has 0 aromatic heterocycles. The molecule has 0 aliphatic heterocycles. The first-order chi connectivity index (χ1) is 11.3. The summed E-state index contributed by atoms with van der Waals surface area (Å²) in [5.41, 5.74) is 0. The molecule has 23 heavy (non-hydrogen) atoms. The molecule has 0 bridgehead atoms. The van der Waals surface area contributed by atoms with E-state index in [4.69, 9.17) is 1.37 Å². The Kier molecular flexibility index (Phi) is 11.1. The molecule has 0 radical (unpaired) electrons. The zero-order valence-electron chi connectivity index (χ0n) is 14.6. The number of nitrogens with one attached hydrogen (secondary N) is 2. The van der Waals surface area contributed by atoms with Gasteiger partial charge in [-0.25, -0.2) is 0 Å². The minimum absolute atomic E-state index is 0.0782. The molecule has 0 aliphatic rings. The van der Waals surface area contributed by atoms with E-state index >= 15 is 0 Å². The second kappa shape index (κ2) is 13.0. The van der Waals surface area contributed by atoms with Crippen LogP contribution in [0.1, 0.15) is 14.7 Å². The minimum atomic E-state index is -0.857. The van der Waals surface area contributed by atoms with Crippen LogP contribution in [-0.2, 0) is 19.2 Å². The SMILES string of the molecule is [3H]C(=O)CN(CCNC(=O)CN(CCNC)C(=O)CBr)C(=O)CC. The van der Waals surface area contributed by atoms with Gasteiger partial charge in [-0.15, -0.1) is 0 Å². The Labute approximate surface area is 146 Å². The number of halogens is 1. The van der Waals surface area contributed by atoms with Crippen molar-refractivity contribution in [3.63, 3.8) is 0 Å². The van der Waals surface area contributed by atoms with Gasteiger partial charge in [-0.2, -0.15) is 0 Å². The monoisotopic (exact) mass is 394 g/mol. The van der Waals surface area contributed by atoms with Crippen LogP contribution in [0.5, 0.6) is 0 Å². The van der Waals surface area contributed by atoms with Crippen LogP contribution in [0.25, 0.3) is 0 Å². The van der Waals surface area contributed by atoms with Crippen molar-refractivity contribution in [1.29, 1.82) is 0 Å². The molecule has 0 aromatic carbocycles. The molecule has 8 nitrogen and oxygen atoms in total. The Balaban J connectivity index is 4.40. The van der Waals surface area contributed by atoms with Gasteiger partial charge in [-0.1, -0.05) is 22.9 Å². The van der Waals surface area contributed by atoms with E-state index in [1.807, 2.05) is 0 Å². The zero-order chi connectivity index (χ0) is 18.5. The van der Waals surface area contributed by atoms with Crippen molar-refractivity contribution >= 4 is 39.9 Å². The van der Waals surface area contributed by atoms with E-state index in [0.29, 0.717) is 13.1 Å². The van der Waals surface area contributed by atoms with Crippen LogP contribution in [0.2, 0.25) is 0 Å². The maximum absolute atomic E-state index is 11.9. The van der Waals surface area contributed by atoms with Crippen LogP contribution < -0.4 is 10.6 Å². The number of likely N-dealkylation sites (N-methyl/N-ethyl adjacent to an activating group) is 1. The second-order valence-corrected chi connectivity index (χ2v) is 5.28. The summed E-state index contributed by atoms with van der Waals surface area (Å²) in [7, 11) is 1.75. The minimum Gasteiger partial charge on any atom is -0.353 e. The van der Waals surface area contributed by atoms with Crippen molar-refractivity contribution < 1.29 is 20.5 Å². The molecular formula is C14H25BrN4O4. The molecule has 0 spiro atoms. The highest BCUT2D eigenvalue weighted by Gasteiger charge is 2.16. The molecule has 0 atom stereocenters. The van der Waals surface area contributed by atoms with Crippen LogP contribution in [-0.4, -0.2) is 85.4 Å². The number of aldehydes is 1. The van der Waals surface area contributed by atoms with Crippen LogP contribution >= 0.6 is 15.9 Å². The number of rotatable bonds is 12. The van der Waals surface area contributed by atoms with Crippen molar-refractivity contribution in [2.75, 3.05) is 51.6 Å². The fourth-order valence-electron chi connectivity index (χ4n) is 1.78. The summed E-state index contributed by atoms with van der Waals surface area (Å²) in [4.78, 5) is 48.8. The number of carbonyl (C=O) groups excluding carboxylic acids is 4. The van der Waals surface area contributed by atoms with E-state index < -0.39 is 6.26 Å². The van der Waals surface area contributed by atoms with Crippen molar-refractivity contribution in [3.8, 4) is 0 Å². The number of hydrogen-bond acceptors (Lipinski definition) is 5. The topological polar surface area (TPSA) is 98.8 Å². The summed E-state index contributed by atoms with van der Waals surface area (Å²) >= 11 is 3.08. The van der Waals surface area contributed by atoms with Crippen LogP contribution in [0.4, 0.5) is 0 Å². The maximum atomic E-state index is 11.9. The standard InChI is InChI=1S/C14H25BrN4O4/c1-3-13(22)18(8-9-20)7-5-17-12(21)11-19(6-4-16-2)14(23)10-15/h9,16H,3-8,10-11H2,1-2H3,(H,17,21)/i9T. The second-order valence-electron chi connectivity index (χ2n) is 4.72. The number of alkyl halides is 1.